The fraction of sp³-hybridized carbons (Fsp3) is 0.368. The lowest BCUT2D eigenvalue weighted by atomic mass is 10.2. The highest BCUT2D eigenvalue weighted by Crippen LogP contribution is 2.15. The van der Waals surface area contributed by atoms with Crippen LogP contribution in [-0.4, -0.2) is 55.1 Å². The molecule has 0 fully saturated rings. The van der Waals surface area contributed by atoms with E-state index in [4.69, 9.17) is 4.42 Å². The maximum absolute atomic E-state index is 12.3. The highest BCUT2D eigenvalue weighted by molar-refractivity contribution is 7.98. The Morgan fingerprint density at radius 1 is 1.12 bits per heavy atom. The Hall–Kier alpha value is -2.25. The molecule has 0 unspecified atom stereocenters. The van der Waals surface area contributed by atoms with Crippen LogP contribution in [0.4, 0.5) is 0 Å². The van der Waals surface area contributed by atoms with Crippen LogP contribution in [0.3, 0.4) is 0 Å². The fourth-order valence-electron chi connectivity index (χ4n) is 2.41. The summed E-state index contributed by atoms with van der Waals surface area (Å²) < 4.78 is 5.16. The van der Waals surface area contributed by atoms with Gasteiger partial charge < -0.3 is 14.6 Å². The van der Waals surface area contributed by atoms with Gasteiger partial charge in [-0.3, -0.25) is 14.5 Å². The molecule has 0 saturated heterocycles. The summed E-state index contributed by atoms with van der Waals surface area (Å²) in [5.74, 6) is 0.369. The summed E-state index contributed by atoms with van der Waals surface area (Å²) in [5.41, 5.74) is 1.15. The van der Waals surface area contributed by atoms with Crippen LogP contribution in [0.5, 0.6) is 0 Å². The molecular weight excluding hydrogens is 350 g/mol. The van der Waals surface area contributed by atoms with Gasteiger partial charge in [0, 0.05) is 18.5 Å². The first-order valence-corrected chi connectivity index (χ1v) is 9.55. The van der Waals surface area contributed by atoms with Crippen molar-refractivity contribution in [2.24, 2.45) is 0 Å². The summed E-state index contributed by atoms with van der Waals surface area (Å²) >= 11 is 1.70. The van der Waals surface area contributed by atoms with E-state index in [1.54, 1.807) is 37.2 Å². The minimum atomic E-state index is -0.215. The van der Waals surface area contributed by atoms with E-state index in [2.05, 4.69) is 29.6 Å². The molecule has 2 aromatic rings. The number of nitrogens with one attached hydrogen (secondary N) is 1. The third-order valence-electron chi connectivity index (χ3n) is 3.86. The van der Waals surface area contributed by atoms with Crippen LogP contribution in [0.25, 0.3) is 0 Å². The Kier molecular flexibility index (Phi) is 7.74. The van der Waals surface area contributed by atoms with E-state index in [1.807, 2.05) is 18.2 Å². The summed E-state index contributed by atoms with van der Waals surface area (Å²) in [6.45, 7) is 1.28. The molecule has 1 aromatic carbocycles. The SMILES string of the molecule is CSc1ccc(CN(C)CC(=O)N(C)CC(=O)NCc2ccco2)cc1. The van der Waals surface area contributed by atoms with E-state index in [0.29, 0.717) is 18.8 Å². The molecule has 140 valence electrons. The summed E-state index contributed by atoms with van der Waals surface area (Å²) in [7, 11) is 3.53. The Morgan fingerprint density at radius 2 is 1.85 bits per heavy atom. The van der Waals surface area contributed by atoms with Gasteiger partial charge >= 0.3 is 0 Å². The zero-order valence-electron chi connectivity index (χ0n) is 15.4. The topological polar surface area (TPSA) is 65.8 Å². The molecule has 7 heteroatoms. The average Bonchev–Trinajstić information content (AvgIpc) is 3.14. The zero-order chi connectivity index (χ0) is 18.9. The van der Waals surface area contributed by atoms with Crippen LogP contribution in [0, 0.1) is 0 Å². The number of carbonyl (C=O) groups excluding carboxylic acids is 2. The molecule has 1 N–H and O–H groups in total. The Labute approximate surface area is 158 Å². The summed E-state index contributed by atoms with van der Waals surface area (Å²) in [6.07, 6.45) is 3.60. The second-order valence-electron chi connectivity index (χ2n) is 6.13. The number of nitrogens with zero attached hydrogens (tertiary/aromatic N) is 2. The highest BCUT2D eigenvalue weighted by Gasteiger charge is 2.15. The standard InChI is InChI=1S/C19H25N3O3S/c1-21(12-15-6-8-17(26-3)9-7-15)14-19(24)22(2)13-18(23)20-11-16-5-4-10-25-16/h4-10H,11-14H2,1-3H3,(H,20,23). The first-order valence-electron chi connectivity index (χ1n) is 8.32. The largest absolute Gasteiger partial charge is 0.467 e. The van der Waals surface area contributed by atoms with E-state index in [1.165, 1.54) is 9.80 Å². The van der Waals surface area contributed by atoms with Crippen molar-refractivity contribution in [3.63, 3.8) is 0 Å². The molecule has 26 heavy (non-hydrogen) atoms. The number of furan rings is 1. The van der Waals surface area contributed by atoms with E-state index in [9.17, 15) is 9.59 Å². The van der Waals surface area contributed by atoms with E-state index in [-0.39, 0.29) is 24.9 Å². The normalized spacial score (nSPS) is 10.8. The van der Waals surface area contributed by atoms with Crippen LogP contribution in [0.2, 0.25) is 0 Å². The van der Waals surface area contributed by atoms with Crippen LogP contribution in [-0.2, 0) is 22.7 Å². The van der Waals surface area contributed by atoms with Crippen LogP contribution < -0.4 is 5.32 Å². The zero-order valence-corrected chi connectivity index (χ0v) is 16.2. The number of hydrogen-bond acceptors (Lipinski definition) is 5. The van der Waals surface area contributed by atoms with Gasteiger partial charge in [0.1, 0.15) is 5.76 Å². The molecule has 1 heterocycles. The van der Waals surface area contributed by atoms with Gasteiger partial charge in [-0.1, -0.05) is 12.1 Å². The van der Waals surface area contributed by atoms with Crippen molar-refractivity contribution in [1.29, 1.82) is 0 Å². The lowest BCUT2D eigenvalue weighted by Crippen LogP contribution is -2.42. The molecule has 1 aromatic heterocycles. The quantitative estimate of drug-likeness (QED) is 0.681. The molecule has 2 amide bonds. The minimum Gasteiger partial charge on any atom is -0.467 e. The Bertz CT molecular complexity index is 701. The molecule has 0 aliphatic rings. The number of benzene rings is 1. The van der Waals surface area contributed by atoms with Crippen molar-refractivity contribution in [2.45, 2.75) is 18.0 Å². The van der Waals surface area contributed by atoms with Gasteiger partial charge in [-0.05, 0) is 43.1 Å². The van der Waals surface area contributed by atoms with Crippen molar-refractivity contribution in [3.05, 3.63) is 54.0 Å². The molecule has 6 nitrogen and oxygen atoms in total. The summed E-state index contributed by atoms with van der Waals surface area (Å²) in [5, 5.41) is 2.73. The van der Waals surface area contributed by atoms with Crippen LogP contribution in [0.1, 0.15) is 11.3 Å². The number of rotatable bonds is 9. The highest BCUT2D eigenvalue weighted by atomic mass is 32.2. The molecule has 0 aliphatic carbocycles. The first kappa shape index (κ1) is 20.1. The lowest BCUT2D eigenvalue weighted by Gasteiger charge is -2.21. The van der Waals surface area contributed by atoms with E-state index < -0.39 is 0 Å². The van der Waals surface area contributed by atoms with E-state index in [0.717, 1.165) is 5.56 Å². The second kappa shape index (κ2) is 10.0. The van der Waals surface area contributed by atoms with Gasteiger partial charge in [0.05, 0.1) is 25.9 Å². The predicted octanol–water partition coefficient (Wildman–Crippen LogP) is 2.21. The van der Waals surface area contributed by atoms with Gasteiger partial charge in [-0.15, -0.1) is 11.8 Å². The number of likely N-dealkylation sites (N-methyl/N-ethyl adjacent to an activating group) is 2. The molecule has 0 atom stereocenters. The Morgan fingerprint density at radius 3 is 2.46 bits per heavy atom. The van der Waals surface area contributed by atoms with Crippen LogP contribution >= 0.6 is 11.8 Å². The fourth-order valence-corrected chi connectivity index (χ4v) is 2.82. The summed E-state index contributed by atoms with van der Waals surface area (Å²) in [4.78, 5) is 28.8. The predicted molar refractivity (Wildman–Crippen MR) is 103 cm³/mol. The number of thioether (sulfide) groups is 1. The van der Waals surface area contributed by atoms with Crippen molar-refractivity contribution >= 4 is 23.6 Å². The number of carbonyl (C=O) groups is 2. The maximum atomic E-state index is 12.3. The second-order valence-corrected chi connectivity index (χ2v) is 7.01. The van der Waals surface area contributed by atoms with Crippen molar-refractivity contribution in [1.82, 2.24) is 15.1 Å². The van der Waals surface area contributed by atoms with Gasteiger partial charge in [0.2, 0.25) is 11.8 Å². The molecule has 2 rings (SSSR count). The summed E-state index contributed by atoms with van der Waals surface area (Å²) in [6, 6.07) is 11.8. The third kappa shape index (κ3) is 6.57. The van der Waals surface area contributed by atoms with Crippen molar-refractivity contribution in [3.8, 4) is 0 Å². The molecule has 0 aliphatic heterocycles. The van der Waals surface area contributed by atoms with Gasteiger partial charge in [-0.2, -0.15) is 0 Å². The molecular formula is C19H25N3O3S. The molecule has 0 bridgehead atoms. The average molecular weight is 375 g/mol. The van der Waals surface area contributed by atoms with Crippen LogP contribution in [0.15, 0.2) is 52.0 Å². The monoisotopic (exact) mass is 375 g/mol. The number of amides is 2. The Balaban J connectivity index is 1.73. The van der Waals surface area contributed by atoms with Crippen molar-refractivity contribution < 1.29 is 14.0 Å². The van der Waals surface area contributed by atoms with Gasteiger partial charge in [0.15, 0.2) is 0 Å². The minimum absolute atomic E-state index is 0.0236. The molecule has 0 saturated carbocycles. The first-order chi connectivity index (χ1) is 12.5. The maximum Gasteiger partial charge on any atom is 0.239 e. The van der Waals surface area contributed by atoms with Gasteiger partial charge in [-0.25, -0.2) is 0 Å². The lowest BCUT2D eigenvalue weighted by molar-refractivity contribution is -0.135. The number of hydrogen-bond donors (Lipinski definition) is 1. The smallest absolute Gasteiger partial charge is 0.239 e. The third-order valence-corrected chi connectivity index (χ3v) is 4.61. The molecule has 0 spiro atoms. The van der Waals surface area contributed by atoms with Gasteiger partial charge in [0.25, 0.3) is 0 Å². The van der Waals surface area contributed by atoms with E-state index >= 15 is 0 Å². The van der Waals surface area contributed by atoms with Crippen molar-refractivity contribution in [2.75, 3.05) is 33.4 Å². The molecule has 0 radical (unpaired) electrons.